The molecule has 0 aliphatic carbocycles. The summed E-state index contributed by atoms with van der Waals surface area (Å²) in [6.07, 6.45) is 7.02. The maximum atomic E-state index is 6.53. The molecule has 0 atom stereocenters. The van der Waals surface area contributed by atoms with Gasteiger partial charge >= 0.3 is 0 Å². The molecule has 2 N–H and O–H groups in total. The van der Waals surface area contributed by atoms with Gasteiger partial charge in [-0.15, -0.1) is 0 Å². The van der Waals surface area contributed by atoms with Crippen LogP contribution in [0.25, 0.3) is 0 Å². The highest BCUT2D eigenvalue weighted by molar-refractivity contribution is 6.74. The molecule has 2 heterocycles. The van der Waals surface area contributed by atoms with E-state index >= 15 is 0 Å². The lowest BCUT2D eigenvalue weighted by Crippen LogP contribution is -2.61. The van der Waals surface area contributed by atoms with Gasteiger partial charge in [-0.25, -0.2) is 0 Å². The minimum atomic E-state index is -1.37. The van der Waals surface area contributed by atoms with E-state index in [4.69, 9.17) is 5.40 Å². The van der Waals surface area contributed by atoms with Gasteiger partial charge in [-0.3, -0.25) is 0 Å². The summed E-state index contributed by atoms with van der Waals surface area (Å²) in [5, 5.41) is 6.53. The fraction of sp³-hybridized carbons (Fsp3) is 1.00. The van der Waals surface area contributed by atoms with Crippen molar-refractivity contribution in [2.24, 2.45) is 5.40 Å². The van der Waals surface area contributed by atoms with E-state index in [1.807, 2.05) is 0 Å². The number of nitrogens with two attached hydrogens (primary N) is 1. The first-order valence-corrected chi connectivity index (χ1v) is 7.79. The zero-order chi connectivity index (χ0) is 8.44. The second-order valence-corrected chi connectivity index (χ2v) is 8.20. The van der Waals surface area contributed by atoms with Gasteiger partial charge in [0.15, 0.2) is 0 Å². The zero-order valence-corrected chi connectivity index (χ0v) is 8.89. The maximum absolute atomic E-state index is 6.53. The number of hydrogen-bond acceptors (Lipinski definition) is 2. The third kappa shape index (κ3) is 1.58. The lowest BCUT2D eigenvalue weighted by molar-refractivity contribution is 0.485. The smallest absolute Gasteiger partial charge is 0.201 e. The number of rotatable bonds is 1. The van der Waals surface area contributed by atoms with Gasteiger partial charge in [0.05, 0.1) is 0 Å². The SMILES string of the molecule is N[Si]1(N2CCCC2)CCCCC1. The third-order valence-corrected chi connectivity index (χ3v) is 7.60. The summed E-state index contributed by atoms with van der Waals surface area (Å²) in [7, 11) is -1.37. The zero-order valence-electron chi connectivity index (χ0n) is 7.89. The topological polar surface area (TPSA) is 29.3 Å². The average Bonchev–Trinajstić information content (AvgIpc) is 2.58. The summed E-state index contributed by atoms with van der Waals surface area (Å²) in [4.78, 5) is 0. The summed E-state index contributed by atoms with van der Waals surface area (Å²) in [5.41, 5.74) is 0. The van der Waals surface area contributed by atoms with E-state index in [-0.39, 0.29) is 0 Å². The summed E-state index contributed by atoms with van der Waals surface area (Å²) in [5.74, 6) is 0. The van der Waals surface area contributed by atoms with Crippen LogP contribution in [0, 0.1) is 0 Å². The Labute approximate surface area is 76.3 Å². The molecule has 0 aromatic carbocycles. The van der Waals surface area contributed by atoms with Crippen LogP contribution in [0.4, 0.5) is 0 Å². The van der Waals surface area contributed by atoms with Crippen LogP contribution < -0.4 is 5.40 Å². The Morgan fingerprint density at radius 1 is 0.833 bits per heavy atom. The monoisotopic (exact) mass is 184 g/mol. The molecule has 2 nitrogen and oxygen atoms in total. The van der Waals surface area contributed by atoms with Gasteiger partial charge in [0.2, 0.25) is 8.40 Å². The van der Waals surface area contributed by atoms with Crippen molar-refractivity contribution >= 4 is 8.40 Å². The first-order chi connectivity index (χ1) is 5.81. The molecule has 2 saturated heterocycles. The molecule has 3 heteroatoms. The average molecular weight is 184 g/mol. The lowest BCUT2D eigenvalue weighted by Gasteiger charge is -2.38. The predicted octanol–water partition coefficient (Wildman–Crippen LogP) is 1.67. The molecule has 0 aromatic rings. The molecule has 2 aliphatic heterocycles. The molecular formula is C9H20N2Si. The summed E-state index contributed by atoms with van der Waals surface area (Å²) >= 11 is 0. The molecule has 0 unspecified atom stereocenters. The van der Waals surface area contributed by atoms with E-state index in [1.165, 1.54) is 57.3 Å². The third-order valence-electron chi connectivity index (χ3n) is 3.46. The summed E-state index contributed by atoms with van der Waals surface area (Å²) in [6, 6.07) is 2.74. The van der Waals surface area contributed by atoms with Crippen LogP contribution in [0.5, 0.6) is 0 Å². The van der Waals surface area contributed by atoms with Gasteiger partial charge in [0.1, 0.15) is 0 Å². The molecule has 0 bridgehead atoms. The predicted molar refractivity (Wildman–Crippen MR) is 54.2 cm³/mol. The quantitative estimate of drug-likeness (QED) is 0.628. The molecule has 0 amide bonds. The van der Waals surface area contributed by atoms with Crippen molar-refractivity contribution in [3.8, 4) is 0 Å². The van der Waals surface area contributed by atoms with Crippen LogP contribution in [0.15, 0.2) is 0 Å². The van der Waals surface area contributed by atoms with E-state index in [1.54, 1.807) is 0 Å². The summed E-state index contributed by atoms with van der Waals surface area (Å²) < 4.78 is 2.66. The standard InChI is InChI=1S/C9H20N2Si/c10-12(8-4-1-5-9-12)11-6-2-3-7-11/h1-10H2. The van der Waals surface area contributed by atoms with Crippen LogP contribution in [-0.4, -0.2) is 26.1 Å². The fourth-order valence-corrected chi connectivity index (χ4v) is 6.46. The van der Waals surface area contributed by atoms with E-state index in [0.29, 0.717) is 0 Å². The number of nitrogens with zero attached hydrogens (tertiary/aromatic N) is 1. The molecule has 0 radical (unpaired) electrons. The van der Waals surface area contributed by atoms with Gasteiger partial charge in [-0.2, -0.15) is 0 Å². The highest BCUT2D eigenvalue weighted by Gasteiger charge is 2.38. The normalized spacial score (nSPS) is 30.8. The van der Waals surface area contributed by atoms with Crippen molar-refractivity contribution < 1.29 is 0 Å². The van der Waals surface area contributed by atoms with E-state index in [2.05, 4.69) is 4.57 Å². The van der Waals surface area contributed by atoms with E-state index < -0.39 is 8.40 Å². The Bertz CT molecular complexity index is 149. The first-order valence-electron chi connectivity index (χ1n) is 5.35. The molecule has 70 valence electrons. The highest BCUT2D eigenvalue weighted by Crippen LogP contribution is 2.29. The van der Waals surface area contributed by atoms with E-state index in [0.717, 1.165) is 0 Å². The molecule has 0 aromatic heterocycles. The van der Waals surface area contributed by atoms with Crippen molar-refractivity contribution in [2.75, 3.05) is 13.1 Å². The van der Waals surface area contributed by atoms with Crippen LogP contribution in [0.2, 0.25) is 12.1 Å². The van der Waals surface area contributed by atoms with E-state index in [9.17, 15) is 0 Å². The Kier molecular flexibility index (Phi) is 2.53. The number of hydrogen-bond donors (Lipinski definition) is 1. The fourth-order valence-electron chi connectivity index (χ4n) is 2.64. The van der Waals surface area contributed by atoms with Crippen molar-refractivity contribution in [3.05, 3.63) is 0 Å². The molecule has 0 spiro atoms. The van der Waals surface area contributed by atoms with Crippen LogP contribution in [0.1, 0.15) is 32.1 Å². The minimum Gasteiger partial charge on any atom is -0.339 e. The molecule has 2 rings (SSSR count). The van der Waals surface area contributed by atoms with Crippen LogP contribution >= 0.6 is 0 Å². The van der Waals surface area contributed by atoms with Crippen molar-refractivity contribution in [1.29, 1.82) is 0 Å². The second-order valence-electron chi connectivity index (χ2n) is 4.36. The molecule has 2 fully saturated rings. The molecule has 0 saturated carbocycles. The van der Waals surface area contributed by atoms with Gasteiger partial charge < -0.3 is 9.96 Å². The first kappa shape index (κ1) is 8.72. The largest absolute Gasteiger partial charge is 0.339 e. The van der Waals surface area contributed by atoms with Gasteiger partial charge in [-0.1, -0.05) is 19.3 Å². The molecule has 12 heavy (non-hydrogen) atoms. The maximum Gasteiger partial charge on any atom is 0.201 e. The minimum absolute atomic E-state index is 1.31. The lowest BCUT2D eigenvalue weighted by atomic mass is 10.3. The van der Waals surface area contributed by atoms with Crippen LogP contribution in [-0.2, 0) is 0 Å². The van der Waals surface area contributed by atoms with Crippen molar-refractivity contribution in [3.63, 3.8) is 0 Å². The van der Waals surface area contributed by atoms with Gasteiger partial charge in [-0.05, 0) is 38.0 Å². The Hall–Kier alpha value is 0.137. The van der Waals surface area contributed by atoms with Crippen molar-refractivity contribution in [1.82, 2.24) is 4.57 Å². The Balaban J connectivity index is 1.97. The Morgan fingerprint density at radius 2 is 1.42 bits per heavy atom. The van der Waals surface area contributed by atoms with Gasteiger partial charge in [0.25, 0.3) is 0 Å². The summed E-state index contributed by atoms with van der Waals surface area (Å²) in [6.45, 7) is 2.62. The van der Waals surface area contributed by atoms with Crippen molar-refractivity contribution in [2.45, 2.75) is 44.2 Å². The highest BCUT2D eigenvalue weighted by atomic mass is 28.3. The Morgan fingerprint density at radius 3 is 2.00 bits per heavy atom. The van der Waals surface area contributed by atoms with Crippen LogP contribution in [0.3, 0.4) is 0 Å². The molecular weight excluding hydrogens is 164 g/mol. The second kappa shape index (κ2) is 3.48. The van der Waals surface area contributed by atoms with Gasteiger partial charge in [0, 0.05) is 0 Å². The molecule has 2 aliphatic rings.